The summed E-state index contributed by atoms with van der Waals surface area (Å²) >= 11 is 0. The molecule has 1 atom stereocenters. The predicted molar refractivity (Wildman–Crippen MR) is 90.9 cm³/mol. The molecule has 0 radical (unpaired) electrons. The molecule has 1 N–H and O–H groups in total. The molecule has 2 aromatic carbocycles. The van der Waals surface area contributed by atoms with Crippen molar-refractivity contribution in [2.24, 2.45) is 0 Å². The Morgan fingerprint density at radius 3 is 2.67 bits per heavy atom. The molecule has 0 aromatic heterocycles. The third kappa shape index (κ3) is 3.15. The van der Waals surface area contributed by atoms with Crippen molar-refractivity contribution in [2.75, 3.05) is 26.3 Å². The Labute approximate surface area is 142 Å². The topological polar surface area (TPSA) is 40.0 Å². The first-order valence-electron chi connectivity index (χ1n) is 8.63. The van der Waals surface area contributed by atoms with Crippen LogP contribution in [-0.4, -0.2) is 32.1 Å². The highest BCUT2D eigenvalue weighted by molar-refractivity contribution is 5.96. The van der Waals surface area contributed by atoms with Gasteiger partial charge < -0.3 is 14.4 Å². The van der Waals surface area contributed by atoms with Crippen molar-refractivity contribution in [3.05, 3.63) is 59.2 Å². The number of nitrogens with one attached hydrogen (secondary N) is 1. The minimum atomic E-state index is 0.179. The Morgan fingerprint density at radius 1 is 1.00 bits per heavy atom. The number of hydrogen-bond donors (Lipinski definition) is 1. The van der Waals surface area contributed by atoms with Crippen LogP contribution in [0.2, 0.25) is 0 Å². The molecular weight excluding hydrogens is 302 g/mol. The fraction of sp³-hybridized carbons (Fsp3) is 0.350. The quantitative estimate of drug-likeness (QED) is 0.870. The molecule has 2 aliphatic heterocycles. The normalized spacial score (nSPS) is 18.8. The highest BCUT2D eigenvalue weighted by atomic mass is 16.6. The summed E-state index contributed by atoms with van der Waals surface area (Å²) in [6, 6.07) is 14.1. The van der Waals surface area contributed by atoms with Gasteiger partial charge in [-0.3, -0.25) is 4.79 Å². The molecular formula is C20H22NO3+. The van der Waals surface area contributed by atoms with Gasteiger partial charge in [-0.05, 0) is 23.8 Å². The van der Waals surface area contributed by atoms with E-state index < -0.39 is 0 Å². The summed E-state index contributed by atoms with van der Waals surface area (Å²) in [5.41, 5.74) is 3.60. The summed E-state index contributed by atoms with van der Waals surface area (Å²) in [5, 5.41) is 0. The van der Waals surface area contributed by atoms with E-state index in [0.717, 1.165) is 37.4 Å². The number of quaternary nitrogens is 1. The molecule has 2 aliphatic rings. The molecule has 2 aromatic rings. The Balaban J connectivity index is 1.37. The lowest BCUT2D eigenvalue weighted by molar-refractivity contribution is -0.915. The van der Waals surface area contributed by atoms with Crippen LogP contribution in [0.4, 0.5) is 0 Å². The van der Waals surface area contributed by atoms with Crippen LogP contribution in [0.15, 0.2) is 42.5 Å². The first-order chi connectivity index (χ1) is 11.8. The number of carbonyl (C=O) groups is 1. The number of fused-ring (bicyclic) bond motifs is 2. The van der Waals surface area contributed by atoms with E-state index in [0.29, 0.717) is 25.4 Å². The number of Topliss-reactive ketones (excluding diaryl/α,β-unsaturated/α-hetero) is 1. The van der Waals surface area contributed by atoms with Crippen LogP contribution in [0.5, 0.6) is 11.5 Å². The van der Waals surface area contributed by atoms with E-state index in [1.165, 1.54) is 16.0 Å². The van der Waals surface area contributed by atoms with Crippen LogP contribution in [0, 0.1) is 0 Å². The van der Waals surface area contributed by atoms with Crippen molar-refractivity contribution < 1.29 is 19.2 Å². The van der Waals surface area contributed by atoms with Crippen LogP contribution in [0.25, 0.3) is 0 Å². The molecule has 0 amide bonds. The zero-order chi connectivity index (χ0) is 16.4. The van der Waals surface area contributed by atoms with Gasteiger partial charge in [0.15, 0.2) is 17.3 Å². The Morgan fingerprint density at radius 2 is 1.79 bits per heavy atom. The van der Waals surface area contributed by atoms with Gasteiger partial charge in [-0.1, -0.05) is 24.3 Å². The van der Waals surface area contributed by atoms with Crippen LogP contribution in [0.3, 0.4) is 0 Å². The molecule has 24 heavy (non-hydrogen) atoms. The van der Waals surface area contributed by atoms with Crippen molar-refractivity contribution in [3.63, 3.8) is 0 Å². The summed E-state index contributed by atoms with van der Waals surface area (Å²) < 4.78 is 11.1. The van der Waals surface area contributed by atoms with Gasteiger partial charge in [-0.25, -0.2) is 0 Å². The molecule has 0 aliphatic carbocycles. The maximum atomic E-state index is 12.5. The van der Waals surface area contributed by atoms with Gasteiger partial charge in [0.2, 0.25) is 0 Å². The van der Waals surface area contributed by atoms with Gasteiger partial charge in [0.1, 0.15) is 19.8 Å². The second-order valence-corrected chi connectivity index (χ2v) is 6.48. The lowest BCUT2D eigenvalue weighted by Gasteiger charge is -2.25. The largest absolute Gasteiger partial charge is 0.486 e. The molecule has 4 heteroatoms. The Hall–Kier alpha value is -2.33. The summed E-state index contributed by atoms with van der Waals surface area (Å²) in [4.78, 5) is 14.0. The maximum Gasteiger partial charge on any atom is 0.168 e. The van der Waals surface area contributed by atoms with Gasteiger partial charge >= 0.3 is 0 Å². The first kappa shape index (κ1) is 15.2. The molecule has 1 unspecified atom stereocenters. The minimum Gasteiger partial charge on any atom is -0.486 e. The fourth-order valence-corrected chi connectivity index (χ4v) is 3.51. The maximum absolute atomic E-state index is 12.5. The van der Waals surface area contributed by atoms with Crippen molar-refractivity contribution in [3.8, 4) is 11.5 Å². The number of rotatable bonds is 4. The van der Waals surface area contributed by atoms with Crippen molar-refractivity contribution in [1.82, 2.24) is 0 Å². The van der Waals surface area contributed by atoms with Crippen LogP contribution in [0.1, 0.15) is 27.9 Å². The molecule has 0 fully saturated rings. The predicted octanol–water partition coefficient (Wildman–Crippen LogP) is 1.67. The van der Waals surface area contributed by atoms with E-state index in [-0.39, 0.29) is 5.78 Å². The average Bonchev–Trinajstić information content (AvgIpc) is 2.65. The average molecular weight is 324 g/mol. The molecule has 2 heterocycles. The number of ketones is 1. The van der Waals surface area contributed by atoms with Gasteiger partial charge in [0.25, 0.3) is 0 Å². The standard InChI is InChI=1S/C20H21NO3/c22-18(16-5-6-19-20(13-16)24-12-11-23-19)8-10-21-9-7-15-3-1-2-4-17(15)14-21/h1-6,13H,7-12,14H2/p+1. The van der Waals surface area contributed by atoms with Crippen molar-refractivity contribution >= 4 is 5.78 Å². The summed E-state index contributed by atoms with van der Waals surface area (Å²) in [7, 11) is 0. The molecule has 0 saturated heterocycles. The highest BCUT2D eigenvalue weighted by Gasteiger charge is 2.21. The summed E-state index contributed by atoms with van der Waals surface area (Å²) in [6.45, 7) is 4.11. The zero-order valence-electron chi connectivity index (χ0n) is 13.7. The number of ether oxygens (including phenoxy) is 2. The molecule has 0 saturated carbocycles. The highest BCUT2D eigenvalue weighted by Crippen LogP contribution is 2.31. The van der Waals surface area contributed by atoms with Gasteiger partial charge in [-0.2, -0.15) is 0 Å². The minimum absolute atomic E-state index is 0.179. The number of hydrogen-bond acceptors (Lipinski definition) is 3. The molecule has 0 spiro atoms. The van der Waals surface area contributed by atoms with E-state index in [1.54, 1.807) is 0 Å². The summed E-state index contributed by atoms with van der Waals surface area (Å²) in [5.74, 6) is 1.60. The van der Waals surface area contributed by atoms with E-state index in [1.807, 2.05) is 18.2 Å². The van der Waals surface area contributed by atoms with Gasteiger partial charge in [0, 0.05) is 17.5 Å². The smallest absolute Gasteiger partial charge is 0.168 e. The summed E-state index contributed by atoms with van der Waals surface area (Å²) in [6.07, 6.45) is 1.67. The number of benzene rings is 2. The van der Waals surface area contributed by atoms with Crippen LogP contribution < -0.4 is 14.4 Å². The van der Waals surface area contributed by atoms with E-state index in [2.05, 4.69) is 24.3 Å². The lowest BCUT2D eigenvalue weighted by Crippen LogP contribution is -3.11. The van der Waals surface area contributed by atoms with E-state index >= 15 is 0 Å². The zero-order valence-corrected chi connectivity index (χ0v) is 13.7. The van der Waals surface area contributed by atoms with Crippen molar-refractivity contribution in [1.29, 1.82) is 0 Å². The van der Waals surface area contributed by atoms with E-state index in [9.17, 15) is 4.79 Å². The molecule has 4 nitrogen and oxygen atoms in total. The molecule has 124 valence electrons. The van der Waals surface area contributed by atoms with Crippen LogP contribution >= 0.6 is 0 Å². The monoisotopic (exact) mass is 324 g/mol. The van der Waals surface area contributed by atoms with Crippen LogP contribution in [-0.2, 0) is 13.0 Å². The first-order valence-corrected chi connectivity index (χ1v) is 8.63. The van der Waals surface area contributed by atoms with Gasteiger partial charge in [0.05, 0.1) is 19.5 Å². The number of carbonyl (C=O) groups excluding carboxylic acids is 1. The van der Waals surface area contributed by atoms with Gasteiger partial charge in [-0.15, -0.1) is 0 Å². The molecule has 4 rings (SSSR count). The third-order valence-electron chi connectivity index (χ3n) is 4.88. The lowest BCUT2D eigenvalue weighted by atomic mass is 9.99. The molecule has 0 bridgehead atoms. The van der Waals surface area contributed by atoms with Crippen molar-refractivity contribution in [2.45, 2.75) is 19.4 Å². The third-order valence-corrected chi connectivity index (χ3v) is 4.88. The Bertz CT molecular complexity index is 756. The SMILES string of the molecule is O=C(CC[NH+]1CCc2ccccc2C1)c1ccc2c(c1)OCCO2. The second kappa shape index (κ2) is 6.65. The Kier molecular flexibility index (Phi) is 4.22. The second-order valence-electron chi connectivity index (χ2n) is 6.48. The fourth-order valence-electron chi connectivity index (χ4n) is 3.51. The van der Waals surface area contributed by atoms with E-state index in [4.69, 9.17) is 9.47 Å².